The summed E-state index contributed by atoms with van der Waals surface area (Å²) in [6, 6.07) is 7.69. The molecule has 0 radical (unpaired) electrons. The molecule has 1 aromatic carbocycles. The van der Waals surface area contributed by atoms with Gasteiger partial charge in [0.1, 0.15) is 6.07 Å². The van der Waals surface area contributed by atoms with Crippen molar-refractivity contribution < 1.29 is 14.6 Å². The summed E-state index contributed by atoms with van der Waals surface area (Å²) in [5, 5.41) is 23.5. The van der Waals surface area contributed by atoms with Crippen LogP contribution in [0.4, 0.5) is 5.69 Å². The van der Waals surface area contributed by atoms with Gasteiger partial charge < -0.3 is 20.1 Å². The third-order valence-corrected chi connectivity index (χ3v) is 7.00. The maximum Gasteiger partial charge on any atom is 0.291 e. The minimum Gasteiger partial charge on any atom is -0.385 e. The number of rotatable bonds is 4. The summed E-state index contributed by atoms with van der Waals surface area (Å²) in [6.07, 6.45) is 11.5. The fourth-order valence-corrected chi connectivity index (χ4v) is 4.99. The smallest absolute Gasteiger partial charge is 0.291 e. The van der Waals surface area contributed by atoms with E-state index in [2.05, 4.69) is 35.2 Å². The van der Waals surface area contributed by atoms with Crippen LogP contribution in [0.25, 0.3) is 5.57 Å². The van der Waals surface area contributed by atoms with E-state index in [1.165, 1.54) is 11.8 Å². The number of amides is 1. The summed E-state index contributed by atoms with van der Waals surface area (Å²) in [6.45, 7) is 4.52. The first kappa shape index (κ1) is 21.6. The number of benzene rings is 1. The molecule has 7 nitrogen and oxygen atoms in total. The number of imidazole rings is 1. The van der Waals surface area contributed by atoms with Gasteiger partial charge in [-0.1, -0.05) is 38.1 Å². The SMILES string of the molecule is CC1(C)CC=C(c2cc(C3(O)CC4C=CC(C3)O4)ccc2NC(=O)c2nc(C#N)c[nH]2)CC1. The van der Waals surface area contributed by atoms with E-state index < -0.39 is 11.5 Å². The lowest BCUT2D eigenvalue weighted by molar-refractivity contribution is -0.107. The number of carbonyl (C=O) groups excluding carboxylic acids is 1. The van der Waals surface area contributed by atoms with Crippen molar-refractivity contribution in [3.05, 3.63) is 65.3 Å². The number of nitrogens with zero attached hydrogens (tertiary/aromatic N) is 2. The van der Waals surface area contributed by atoms with Crippen LogP contribution in [-0.4, -0.2) is 33.2 Å². The van der Waals surface area contributed by atoms with E-state index >= 15 is 0 Å². The molecule has 2 aliphatic heterocycles. The van der Waals surface area contributed by atoms with Gasteiger partial charge in [0.2, 0.25) is 0 Å². The Labute approximate surface area is 193 Å². The van der Waals surface area contributed by atoms with E-state index in [1.807, 2.05) is 36.4 Å². The normalized spacial score (nSPS) is 27.6. The van der Waals surface area contributed by atoms with Crippen molar-refractivity contribution in [2.24, 2.45) is 5.41 Å². The third-order valence-electron chi connectivity index (χ3n) is 7.00. The number of aromatic amines is 1. The van der Waals surface area contributed by atoms with E-state index in [0.29, 0.717) is 18.5 Å². The standard InChI is InChI=1S/C26H28N4O3/c1-25(2)9-7-16(8-10-25)21-11-17(26(32)12-19-4-5-20(13-26)33-19)3-6-22(21)30-24(31)23-28-15-18(14-27)29-23/h3-7,11,15,19-20,32H,8-10,12-13H2,1-2H3,(H,28,29)(H,30,31). The van der Waals surface area contributed by atoms with Gasteiger partial charge in [-0.05, 0) is 47.9 Å². The number of allylic oxidation sites excluding steroid dienone is 2. The van der Waals surface area contributed by atoms with E-state index in [1.54, 1.807) is 0 Å². The van der Waals surface area contributed by atoms with Crippen molar-refractivity contribution >= 4 is 17.2 Å². The van der Waals surface area contributed by atoms with Crippen LogP contribution < -0.4 is 5.32 Å². The second kappa shape index (κ2) is 7.98. The lowest BCUT2D eigenvalue weighted by atomic mass is 9.76. The molecule has 0 saturated carbocycles. The van der Waals surface area contributed by atoms with Crippen molar-refractivity contribution in [3.8, 4) is 6.07 Å². The highest BCUT2D eigenvalue weighted by molar-refractivity contribution is 6.03. The molecule has 1 fully saturated rings. The molecule has 3 aliphatic rings. The number of carbonyl (C=O) groups is 1. The Kier molecular flexibility index (Phi) is 5.23. The molecular formula is C26H28N4O3. The zero-order chi connectivity index (χ0) is 23.2. The second-order valence-corrected chi connectivity index (χ2v) is 10.1. The monoisotopic (exact) mass is 444 g/mol. The van der Waals surface area contributed by atoms with Crippen LogP contribution >= 0.6 is 0 Å². The van der Waals surface area contributed by atoms with Crippen molar-refractivity contribution in [3.63, 3.8) is 0 Å². The van der Waals surface area contributed by atoms with Gasteiger partial charge in [-0.25, -0.2) is 4.98 Å². The number of hydrogen-bond acceptors (Lipinski definition) is 5. The molecule has 1 amide bonds. The molecule has 1 aromatic heterocycles. The highest BCUT2D eigenvalue weighted by Gasteiger charge is 2.42. The Bertz CT molecular complexity index is 1190. The molecule has 3 N–H and O–H groups in total. The molecule has 2 aromatic rings. The minimum atomic E-state index is -0.981. The first-order valence-corrected chi connectivity index (χ1v) is 11.4. The molecule has 3 heterocycles. The van der Waals surface area contributed by atoms with E-state index in [0.717, 1.165) is 30.4 Å². The van der Waals surface area contributed by atoms with Crippen LogP contribution in [-0.2, 0) is 10.3 Å². The lowest BCUT2D eigenvalue weighted by Gasteiger charge is -2.37. The highest BCUT2D eigenvalue weighted by Crippen LogP contribution is 2.44. The lowest BCUT2D eigenvalue weighted by Crippen LogP contribution is -2.39. The van der Waals surface area contributed by atoms with Crippen LogP contribution in [0.3, 0.4) is 0 Å². The number of aromatic nitrogens is 2. The topological polar surface area (TPSA) is 111 Å². The van der Waals surface area contributed by atoms with Crippen molar-refractivity contribution in [2.75, 3.05) is 5.32 Å². The average molecular weight is 445 g/mol. The van der Waals surface area contributed by atoms with Gasteiger partial charge in [-0.3, -0.25) is 4.79 Å². The van der Waals surface area contributed by atoms with Crippen LogP contribution in [0.5, 0.6) is 0 Å². The van der Waals surface area contributed by atoms with E-state index in [4.69, 9.17) is 10.00 Å². The van der Waals surface area contributed by atoms with Gasteiger partial charge in [-0.2, -0.15) is 5.26 Å². The Balaban J connectivity index is 1.49. The van der Waals surface area contributed by atoms with Gasteiger partial charge >= 0.3 is 0 Å². The number of H-pyrrole nitrogens is 1. The molecule has 33 heavy (non-hydrogen) atoms. The number of aliphatic hydroxyl groups is 1. The fourth-order valence-electron chi connectivity index (χ4n) is 4.99. The second-order valence-electron chi connectivity index (χ2n) is 10.1. The first-order chi connectivity index (χ1) is 15.7. The van der Waals surface area contributed by atoms with Crippen molar-refractivity contribution in [2.45, 2.75) is 63.8 Å². The molecule has 7 heteroatoms. The molecule has 5 rings (SSSR count). The zero-order valence-electron chi connectivity index (χ0n) is 18.9. The summed E-state index contributed by atoms with van der Waals surface area (Å²) in [7, 11) is 0. The quantitative estimate of drug-likeness (QED) is 0.604. The van der Waals surface area contributed by atoms with Gasteiger partial charge in [0.05, 0.1) is 17.8 Å². The number of nitrogens with one attached hydrogen (secondary N) is 2. The Morgan fingerprint density at radius 1 is 1.30 bits per heavy atom. The van der Waals surface area contributed by atoms with Crippen LogP contribution in [0.15, 0.2) is 42.6 Å². The number of anilines is 1. The Hall–Kier alpha value is -3.21. The minimum absolute atomic E-state index is 0.0699. The Morgan fingerprint density at radius 2 is 2.06 bits per heavy atom. The molecular weight excluding hydrogens is 416 g/mol. The van der Waals surface area contributed by atoms with Crippen LogP contribution in [0.2, 0.25) is 0 Å². The third kappa shape index (κ3) is 4.24. The van der Waals surface area contributed by atoms with Crippen molar-refractivity contribution in [1.82, 2.24) is 9.97 Å². The summed E-state index contributed by atoms with van der Waals surface area (Å²) < 4.78 is 5.85. The van der Waals surface area contributed by atoms with Crippen LogP contribution in [0.1, 0.15) is 73.4 Å². The highest BCUT2D eigenvalue weighted by atomic mass is 16.5. The molecule has 1 saturated heterocycles. The molecule has 2 bridgehead atoms. The summed E-state index contributed by atoms with van der Waals surface area (Å²) >= 11 is 0. The molecule has 1 aliphatic carbocycles. The Morgan fingerprint density at radius 3 is 2.70 bits per heavy atom. The predicted octanol–water partition coefficient (Wildman–Crippen LogP) is 4.43. The average Bonchev–Trinajstić information content (AvgIpc) is 3.40. The molecule has 0 spiro atoms. The van der Waals surface area contributed by atoms with E-state index in [9.17, 15) is 9.90 Å². The van der Waals surface area contributed by atoms with Crippen molar-refractivity contribution in [1.29, 1.82) is 5.26 Å². The summed E-state index contributed by atoms with van der Waals surface area (Å²) in [4.78, 5) is 19.6. The molecule has 170 valence electrons. The van der Waals surface area contributed by atoms with Crippen LogP contribution in [0, 0.1) is 16.7 Å². The van der Waals surface area contributed by atoms with E-state index in [-0.39, 0.29) is 29.1 Å². The summed E-state index contributed by atoms with van der Waals surface area (Å²) in [5.41, 5.74) is 3.03. The van der Waals surface area contributed by atoms with Gasteiger partial charge in [-0.15, -0.1) is 0 Å². The van der Waals surface area contributed by atoms with Gasteiger partial charge in [0, 0.05) is 30.3 Å². The zero-order valence-corrected chi connectivity index (χ0v) is 18.9. The maximum absolute atomic E-state index is 12.8. The molecule has 2 unspecified atom stereocenters. The predicted molar refractivity (Wildman–Crippen MR) is 124 cm³/mol. The number of ether oxygens (including phenoxy) is 1. The number of fused-ring (bicyclic) bond motifs is 2. The maximum atomic E-state index is 12.8. The number of nitriles is 1. The first-order valence-electron chi connectivity index (χ1n) is 11.4. The number of hydrogen-bond donors (Lipinski definition) is 3. The summed E-state index contributed by atoms with van der Waals surface area (Å²) in [5.74, 6) is -0.319. The van der Waals surface area contributed by atoms with Gasteiger partial charge in [0.25, 0.3) is 5.91 Å². The largest absolute Gasteiger partial charge is 0.385 e. The molecule has 2 atom stereocenters. The van der Waals surface area contributed by atoms with Gasteiger partial charge in [0.15, 0.2) is 11.5 Å². The fraction of sp³-hybridized carbons (Fsp3) is 0.423.